The van der Waals surface area contributed by atoms with Crippen molar-refractivity contribution in [1.82, 2.24) is 15.1 Å². The topological polar surface area (TPSA) is 70.2 Å². The van der Waals surface area contributed by atoms with Crippen molar-refractivity contribution in [3.05, 3.63) is 58.9 Å². The molecule has 0 aliphatic carbocycles. The zero-order valence-corrected chi connectivity index (χ0v) is 19.7. The highest BCUT2D eigenvalue weighted by molar-refractivity contribution is 5.94. The van der Waals surface area contributed by atoms with Gasteiger partial charge in [-0.25, -0.2) is 5.10 Å². The Kier molecular flexibility index (Phi) is 8.29. The van der Waals surface area contributed by atoms with Gasteiger partial charge in [0.1, 0.15) is 0 Å². The first-order valence-electron chi connectivity index (χ1n) is 11.1. The maximum atomic E-state index is 12.1. The summed E-state index contributed by atoms with van der Waals surface area (Å²) in [5, 5.41) is 12.1. The molecule has 0 saturated carbocycles. The second-order valence-electron chi connectivity index (χ2n) is 9.10. The summed E-state index contributed by atoms with van der Waals surface area (Å²) >= 11 is 0. The molecule has 1 aliphatic rings. The highest BCUT2D eigenvalue weighted by Gasteiger charge is 2.19. The molecule has 2 aromatic carbocycles. The van der Waals surface area contributed by atoms with Crippen molar-refractivity contribution in [3.8, 4) is 11.3 Å². The summed E-state index contributed by atoms with van der Waals surface area (Å²) in [5.41, 5.74) is 2.89. The monoisotopic (exact) mass is 456 g/mol. The van der Waals surface area contributed by atoms with E-state index in [1.165, 1.54) is 12.8 Å². The Morgan fingerprint density at radius 2 is 1.84 bits per heavy atom. The molecule has 172 valence electrons. The van der Waals surface area contributed by atoms with Crippen LogP contribution in [0.15, 0.2) is 53.3 Å². The largest absolute Gasteiger partial charge is 0.384 e. The van der Waals surface area contributed by atoms with Crippen LogP contribution >= 0.6 is 12.4 Å². The normalized spacial score (nSPS) is 14.8. The van der Waals surface area contributed by atoms with Crippen LogP contribution in [0.1, 0.15) is 26.7 Å². The molecule has 0 atom stereocenters. The third kappa shape index (κ3) is 6.09. The molecule has 6 nitrogen and oxygen atoms in total. The number of fused-ring (bicyclic) bond motifs is 1. The van der Waals surface area contributed by atoms with E-state index in [-0.39, 0.29) is 23.4 Å². The van der Waals surface area contributed by atoms with Crippen LogP contribution in [0, 0.1) is 5.41 Å². The fourth-order valence-corrected chi connectivity index (χ4v) is 4.15. The minimum absolute atomic E-state index is 0. The maximum absolute atomic E-state index is 12.1. The molecule has 1 fully saturated rings. The van der Waals surface area contributed by atoms with Crippen LogP contribution in [0.2, 0.25) is 0 Å². The van der Waals surface area contributed by atoms with E-state index in [4.69, 9.17) is 4.74 Å². The van der Waals surface area contributed by atoms with E-state index < -0.39 is 0 Å². The van der Waals surface area contributed by atoms with Crippen molar-refractivity contribution in [1.29, 1.82) is 0 Å². The number of hydrogen-bond acceptors (Lipinski definition) is 5. The van der Waals surface area contributed by atoms with E-state index in [1.807, 2.05) is 36.4 Å². The minimum atomic E-state index is -0.160. The standard InChI is InChI=1S/C25H32N4O2.ClH/c1-25(2,11-6-12-29-13-15-31-16-14-29)18-26-20-8-5-7-19(17-20)23-21-9-3-4-10-22(21)24(30)28-27-23;/h3-5,7-10,17,26H,6,11-16,18H2,1-2H3,(H,28,30);1H. The van der Waals surface area contributed by atoms with Crippen LogP contribution in [0.5, 0.6) is 0 Å². The van der Waals surface area contributed by atoms with Crippen molar-refractivity contribution >= 4 is 28.9 Å². The molecular formula is C25H33ClN4O2. The molecule has 32 heavy (non-hydrogen) atoms. The quantitative estimate of drug-likeness (QED) is 0.519. The van der Waals surface area contributed by atoms with E-state index in [0.717, 1.165) is 61.7 Å². The summed E-state index contributed by atoms with van der Waals surface area (Å²) < 4.78 is 5.43. The second-order valence-corrected chi connectivity index (χ2v) is 9.10. The molecule has 0 amide bonds. The molecule has 2 N–H and O–H groups in total. The molecule has 0 unspecified atom stereocenters. The highest BCUT2D eigenvalue weighted by atomic mass is 35.5. The highest BCUT2D eigenvalue weighted by Crippen LogP contribution is 2.28. The third-order valence-electron chi connectivity index (χ3n) is 6.03. The number of halogens is 1. The smallest absolute Gasteiger partial charge is 0.272 e. The number of H-pyrrole nitrogens is 1. The van der Waals surface area contributed by atoms with Gasteiger partial charge in [0.25, 0.3) is 5.56 Å². The van der Waals surface area contributed by atoms with Gasteiger partial charge in [0.15, 0.2) is 0 Å². The number of ether oxygens (including phenoxy) is 1. The maximum Gasteiger partial charge on any atom is 0.272 e. The summed E-state index contributed by atoms with van der Waals surface area (Å²) in [7, 11) is 0. The van der Waals surface area contributed by atoms with Gasteiger partial charge in [0.05, 0.1) is 24.3 Å². The predicted octanol–water partition coefficient (Wildman–Crippen LogP) is 4.56. The molecule has 3 aromatic rings. The zero-order valence-electron chi connectivity index (χ0n) is 18.9. The van der Waals surface area contributed by atoms with E-state index in [1.54, 1.807) is 0 Å². The lowest BCUT2D eigenvalue weighted by Gasteiger charge is -2.29. The number of morpholine rings is 1. The Morgan fingerprint density at radius 3 is 2.62 bits per heavy atom. The van der Waals surface area contributed by atoms with Gasteiger partial charge in [0, 0.05) is 36.3 Å². The molecule has 2 heterocycles. The number of aromatic amines is 1. The van der Waals surface area contributed by atoms with Crippen molar-refractivity contribution in [3.63, 3.8) is 0 Å². The van der Waals surface area contributed by atoms with Crippen LogP contribution < -0.4 is 10.9 Å². The number of hydrogen-bond donors (Lipinski definition) is 2. The van der Waals surface area contributed by atoms with Crippen LogP contribution in [-0.2, 0) is 4.74 Å². The molecule has 0 bridgehead atoms. The van der Waals surface area contributed by atoms with Gasteiger partial charge in [-0.05, 0) is 43.0 Å². The average Bonchev–Trinajstić information content (AvgIpc) is 2.79. The minimum Gasteiger partial charge on any atom is -0.384 e. The van der Waals surface area contributed by atoms with Crippen LogP contribution in [0.25, 0.3) is 22.0 Å². The van der Waals surface area contributed by atoms with E-state index in [2.05, 4.69) is 46.4 Å². The second kappa shape index (κ2) is 10.9. The molecule has 1 saturated heterocycles. The van der Waals surface area contributed by atoms with Gasteiger partial charge < -0.3 is 10.1 Å². The summed E-state index contributed by atoms with van der Waals surface area (Å²) in [5.74, 6) is 0. The van der Waals surface area contributed by atoms with Crippen molar-refractivity contribution in [2.45, 2.75) is 26.7 Å². The van der Waals surface area contributed by atoms with Crippen molar-refractivity contribution in [2.24, 2.45) is 5.41 Å². The lowest BCUT2D eigenvalue weighted by Crippen LogP contribution is -2.37. The Bertz CT molecular complexity index is 1080. The number of rotatable bonds is 8. The first kappa shape index (κ1) is 24.2. The lowest BCUT2D eigenvalue weighted by atomic mass is 9.87. The van der Waals surface area contributed by atoms with Crippen LogP contribution in [0.4, 0.5) is 5.69 Å². The van der Waals surface area contributed by atoms with Gasteiger partial charge in [-0.2, -0.15) is 5.10 Å². The first-order chi connectivity index (χ1) is 15.0. The Balaban J connectivity index is 0.00000289. The number of nitrogens with one attached hydrogen (secondary N) is 2. The van der Waals surface area contributed by atoms with Gasteiger partial charge in [-0.3, -0.25) is 9.69 Å². The molecule has 4 rings (SSSR count). The Labute approximate surface area is 195 Å². The predicted molar refractivity (Wildman–Crippen MR) is 134 cm³/mol. The molecule has 1 aromatic heterocycles. The fourth-order valence-electron chi connectivity index (χ4n) is 4.15. The summed E-state index contributed by atoms with van der Waals surface area (Å²) in [6.45, 7) is 10.5. The van der Waals surface area contributed by atoms with E-state index in [0.29, 0.717) is 5.39 Å². The molecule has 0 radical (unpaired) electrons. The van der Waals surface area contributed by atoms with Crippen LogP contribution in [0.3, 0.4) is 0 Å². The Morgan fingerprint density at radius 1 is 1.09 bits per heavy atom. The van der Waals surface area contributed by atoms with Gasteiger partial charge in [-0.15, -0.1) is 12.4 Å². The number of benzene rings is 2. The summed E-state index contributed by atoms with van der Waals surface area (Å²) in [6, 6.07) is 15.9. The fraction of sp³-hybridized carbons (Fsp3) is 0.440. The third-order valence-corrected chi connectivity index (χ3v) is 6.03. The summed E-state index contributed by atoms with van der Waals surface area (Å²) in [4.78, 5) is 14.6. The van der Waals surface area contributed by atoms with Crippen molar-refractivity contribution in [2.75, 3.05) is 44.7 Å². The first-order valence-corrected chi connectivity index (χ1v) is 11.1. The summed E-state index contributed by atoms with van der Waals surface area (Å²) in [6.07, 6.45) is 2.37. The van der Waals surface area contributed by atoms with E-state index in [9.17, 15) is 4.79 Å². The number of anilines is 1. The molecule has 1 aliphatic heterocycles. The average molecular weight is 457 g/mol. The zero-order chi connectivity index (χ0) is 21.7. The SMILES string of the molecule is CC(C)(CCCN1CCOCC1)CNc1cccc(-c2n[nH]c(=O)c3ccccc23)c1.Cl. The van der Waals surface area contributed by atoms with E-state index >= 15 is 0 Å². The van der Waals surface area contributed by atoms with Gasteiger partial charge >= 0.3 is 0 Å². The Hall–Kier alpha value is -2.41. The van der Waals surface area contributed by atoms with Gasteiger partial charge in [-0.1, -0.05) is 44.2 Å². The lowest BCUT2D eigenvalue weighted by molar-refractivity contribution is 0.0361. The number of aromatic nitrogens is 2. The van der Waals surface area contributed by atoms with Crippen LogP contribution in [-0.4, -0.2) is 54.5 Å². The molecule has 0 spiro atoms. The number of nitrogens with zero attached hydrogens (tertiary/aromatic N) is 2. The molecular weight excluding hydrogens is 424 g/mol. The van der Waals surface area contributed by atoms with Crippen molar-refractivity contribution < 1.29 is 4.74 Å². The molecule has 7 heteroatoms. The van der Waals surface area contributed by atoms with Gasteiger partial charge in [0.2, 0.25) is 0 Å².